The zero-order valence-electron chi connectivity index (χ0n) is 16.4. The molecule has 6 heteroatoms. The summed E-state index contributed by atoms with van der Waals surface area (Å²) >= 11 is 0. The van der Waals surface area contributed by atoms with Gasteiger partial charge in [0, 0.05) is 45.4 Å². The summed E-state index contributed by atoms with van der Waals surface area (Å²) in [7, 11) is 3.92. The summed E-state index contributed by atoms with van der Waals surface area (Å²) in [6.07, 6.45) is 0.190. The molecule has 0 radical (unpaired) electrons. The Labute approximate surface area is 160 Å². The molecule has 0 aromatic heterocycles. The van der Waals surface area contributed by atoms with Gasteiger partial charge in [-0.25, -0.2) is 0 Å². The monoisotopic (exact) mass is 369 g/mol. The van der Waals surface area contributed by atoms with Crippen molar-refractivity contribution < 1.29 is 14.3 Å². The summed E-state index contributed by atoms with van der Waals surface area (Å²) in [5, 5.41) is 2.86. The highest BCUT2D eigenvalue weighted by Gasteiger charge is 2.14. The molecule has 2 rings (SSSR count). The molecule has 0 spiro atoms. The third kappa shape index (κ3) is 5.74. The van der Waals surface area contributed by atoms with Crippen molar-refractivity contribution in [3.63, 3.8) is 0 Å². The number of hydrogen-bond donors (Lipinski definition) is 1. The van der Waals surface area contributed by atoms with E-state index in [1.807, 2.05) is 68.4 Å². The standard InChI is InChI=1S/C21H27N3O3/c1-5-27-20-9-7-6-8-19(20)22-21(26)14-15-24(16(2)25)18-12-10-17(11-13-18)23(3)4/h6-13H,5,14-15H2,1-4H3,(H,22,26). The van der Waals surface area contributed by atoms with E-state index in [1.165, 1.54) is 6.92 Å². The molecule has 0 aliphatic heterocycles. The molecule has 0 aliphatic rings. The lowest BCUT2D eigenvalue weighted by molar-refractivity contribution is -0.117. The molecule has 0 unspecified atom stereocenters. The number of carbonyl (C=O) groups excluding carboxylic acids is 2. The highest BCUT2D eigenvalue weighted by Crippen LogP contribution is 2.24. The predicted molar refractivity (Wildman–Crippen MR) is 110 cm³/mol. The molecule has 27 heavy (non-hydrogen) atoms. The quantitative estimate of drug-likeness (QED) is 0.773. The zero-order chi connectivity index (χ0) is 19.8. The van der Waals surface area contributed by atoms with Crippen molar-refractivity contribution in [1.29, 1.82) is 0 Å². The molecular weight excluding hydrogens is 342 g/mol. The number of anilines is 3. The van der Waals surface area contributed by atoms with Gasteiger partial charge in [0.1, 0.15) is 5.75 Å². The largest absolute Gasteiger partial charge is 0.492 e. The van der Waals surface area contributed by atoms with Gasteiger partial charge in [0.05, 0.1) is 12.3 Å². The number of ether oxygens (including phenoxy) is 1. The Morgan fingerprint density at radius 2 is 1.63 bits per heavy atom. The first-order chi connectivity index (χ1) is 12.9. The normalized spacial score (nSPS) is 10.2. The first-order valence-electron chi connectivity index (χ1n) is 8.99. The summed E-state index contributed by atoms with van der Waals surface area (Å²) in [6, 6.07) is 15.0. The Bertz CT molecular complexity index is 772. The van der Waals surface area contributed by atoms with E-state index in [4.69, 9.17) is 4.74 Å². The molecule has 0 saturated carbocycles. The van der Waals surface area contributed by atoms with E-state index in [2.05, 4.69) is 5.32 Å². The average Bonchev–Trinajstić information content (AvgIpc) is 2.64. The predicted octanol–water partition coefficient (Wildman–Crippen LogP) is 3.53. The molecule has 0 fully saturated rings. The fourth-order valence-electron chi connectivity index (χ4n) is 2.68. The molecule has 2 aromatic rings. The first-order valence-corrected chi connectivity index (χ1v) is 8.99. The number of benzene rings is 2. The average molecular weight is 369 g/mol. The summed E-state index contributed by atoms with van der Waals surface area (Å²) in [5.41, 5.74) is 2.46. The van der Waals surface area contributed by atoms with Crippen molar-refractivity contribution in [2.75, 3.05) is 42.4 Å². The maximum Gasteiger partial charge on any atom is 0.226 e. The molecule has 2 aromatic carbocycles. The maximum atomic E-state index is 12.4. The van der Waals surface area contributed by atoms with Crippen LogP contribution in [0.3, 0.4) is 0 Å². The van der Waals surface area contributed by atoms with Crippen LogP contribution in [0.2, 0.25) is 0 Å². The zero-order valence-corrected chi connectivity index (χ0v) is 16.4. The summed E-state index contributed by atoms with van der Waals surface area (Å²) in [6.45, 7) is 4.22. The lowest BCUT2D eigenvalue weighted by Gasteiger charge is -2.22. The Kier molecular flexibility index (Phi) is 7.23. The van der Waals surface area contributed by atoms with E-state index in [9.17, 15) is 9.59 Å². The van der Waals surface area contributed by atoms with Crippen molar-refractivity contribution >= 4 is 28.9 Å². The van der Waals surface area contributed by atoms with Crippen LogP contribution in [0.1, 0.15) is 20.3 Å². The smallest absolute Gasteiger partial charge is 0.226 e. The second-order valence-corrected chi connectivity index (χ2v) is 6.31. The minimum Gasteiger partial charge on any atom is -0.492 e. The molecule has 0 saturated heterocycles. The lowest BCUT2D eigenvalue weighted by Crippen LogP contribution is -2.32. The summed E-state index contributed by atoms with van der Waals surface area (Å²) in [5.74, 6) is 0.365. The van der Waals surface area contributed by atoms with E-state index < -0.39 is 0 Å². The van der Waals surface area contributed by atoms with E-state index in [0.29, 0.717) is 24.6 Å². The van der Waals surface area contributed by atoms with Crippen molar-refractivity contribution in [3.8, 4) is 5.75 Å². The van der Waals surface area contributed by atoms with Crippen LogP contribution in [0, 0.1) is 0 Å². The third-order valence-corrected chi connectivity index (χ3v) is 4.08. The van der Waals surface area contributed by atoms with Crippen molar-refractivity contribution in [1.82, 2.24) is 0 Å². The van der Waals surface area contributed by atoms with Gasteiger partial charge >= 0.3 is 0 Å². The number of carbonyl (C=O) groups is 2. The van der Waals surface area contributed by atoms with E-state index in [1.54, 1.807) is 11.0 Å². The van der Waals surface area contributed by atoms with E-state index >= 15 is 0 Å². The maximum absolute atomic E-state index is 12.4. The molecule has 144 valence electrons. The van der Waals surface area contributed by atoms with Gasteiger partial charge in [-0.2, -0.15) is 0 Å². The van der Waals surface area contributed by atoms with Crippen LogP contribution in [-0.2, 0) is 9.59 Å². The van der Waals surface area contributed by atoms with Crippen LogP contribution in [-0.4, -0.2) is 39.1 Å². The molecule has 2 amide bonds. The van der Waals surface area contributed by atoms with Gasteiger partial charge in [0.15, 0.2) is 0 Å². The number of para-hydroxylation sites is 2. The van der Waals surface area contributed by atoms with Crippen molar-refractivity contribution in [2.45, 2.75) is 20.3 Å². The Morgan fingerprint density at radius 3 is 2.22 bits per heavy atom. The van der Waals surface area contributed by atoms with Crippen molar-refractivity contribution in [3.05, 3.63) is 48.5 Å². The number of amides is 2. The number of hydrogen-bond acceptors (Lipinski definition) is 4. The van der Waals surface area contributed by atoms with Gasteiger partial charge < -0.3 is 19.9 Å². The second kappa shape index (κ2) is 9.62. The lowest BCUT2D eigenvalue weighted by atomic mass is 10.2. The fraction of sp³-hybridized carbons (Fsp3) is 0.333. The first kappa shape index (κ1) is 20.3. The summed E-state index contributed by atoms with van der Waals surface area (Å²) < 4.78 is 5.52. The van der Waals surface area contributed by atoms with Crippen LogP contribution >= 0.6 is 0 Å². The van der Waals surface area contributed by atoms with Gasteiger partial charge in [-0.15, -0.1) is 0 Å². The van der Waals surface area contributed by atoms with Crippen LogP contribution in [0.15, 0.2) is 48.5 Å². The highest BCUT2D eigenvalue weighted by atomic mass is 16.5. The third-order valence-electron chi connectivity index (χ3n) is 4.08. The minimum atomic E-state index is -0.168. The highest BCUT2D eigenvalue weighted by molar-refractivity contribution is 5.95. The number of nitrogens with one attached hydrogen (secondary N) is 1. The topological polar surface area (TPSA) is 61.9 Å². The van der Waals surface area contributed by atoms with Crippen molar-refractivity contribution in [2.24, 2.45) is 0 Å². The van der Waals surface area contributed by atoms with Gasteiger partial charge in [-0.1, -0.05) is 12.1 Å². The SMILES string of the molecule is CCOc1ccccc1NC(=O)CCN(C(C)=O)c1ccc(N(C)C)cc1. The van der Waals surface area contributed by atoms with E-state index in [-0.39, 0.29) is 18.2 Å². The molecule has 0 heterocycles. The van der Waals surface area contributed by atoms with Gasteiger partial charge in [0.25, 0.3) is 0 Å². The summed E-state index contributed by atoms with van der Waals surface area (Å²) in [4.78, 5) is 28.0. The molecule has 1 N–H and O–H groups in total. The van der Waals surface area contributed by atoms with Gasteiger partial charge in [-0.05, 0) is 43.3 Å². The van der Waals surface area contributed by atoms with E-state index in [0.717, 1.165) is 11.4 Å². The van der Waals surface area contributed by atoms with Gasteiger partial charge in [-0.3, -0.25) is 9.59 Å². The molecule has 0 bridgehead atoms. The Balaban J connectivity index is 2.01. The molecule has 6 nitrogen and oxygen atoms in total. The fourth-order valence-corrected chi connectivity index (χ4v) is 2.68. The van der Waals surface area contributed by atoms with Crippen LogP contribution < -0.4 is 19.9 Å². The minimum absolute atomic E-state index is 0.102. The van der Waals surface area contributed by atoms with Gasteiger partial charge in [0.2, 0.25) is 11.8 Å². The Hall–Kier alpha value is -3.02. The molecular formula is C21H27N3O3. The molecule has 0 aliphatic carbocycles. The van der Waals surface area contributed by atoms with Crippen LogP contribution in [0.5, 0.6) is 5.75 Å². The second-order valence-electron chi connectivity index (χ2n) is 6.31. The number of rotatable bonds is 8. The van der Waals surface area contributed by atoms with Crippen LogP contribution in [0.4, 0.5) is 17.1 Å². The Morgan fingerprint density at radius 1 is 1.00 bits per heavy atom. The van der Waals surface area contributed by atoms with Crippen LogP contribution in [0.25, 0.3) is 0 Å². The number of nitrogens with zero attached hydrogens (tertiary/aromatic N) is 2. The molecule has 0 atom stereocenters.